The van der Waals surface area contributed by atoms with Crippen LogP contribution in [-0.4, -0.2) is 16.2 Å². The molecule has 16 rings (SSSR count). The predicted octanol–water partition coefficient (Wildman–Crippen LogP) is 21.5. The maximum atomic E-state index is 7.12. The molecule has 88 heavy (non-hydrogen) atoms. The molecule has 0 bridgehead atoms. The van der Waals surface area contributed by atoms with Crippen molar-refractivity contribution < 1.29 is 4.74 Å². The summed E-state index contributed by atoms with van der Waals surface area (Å²) in [5.74, 6) is 2.34. The smallest absolute Gasteiger partial charge is 0.137 e. The summed E-state index contributed by atoms with van der Waals surface area (Å²) in [5.41, 5.74) is 23.9. The number of aromatic nitrogens is 2. The molecule has 0 saturated carbocycles. The molecule has 0 saturated heterocycles. The lowest BCUT2D eigenvalue weighted by Gasteiger charge is -2.34. The third-order valence-corrected chi connectivity index (χ3v) is 18.2. The minimum atomic E-state index is -0.565. The molecule has 0 atom stereocenters. The average Bonchev–Trinajstić information content (AvgIpc) is 1.53. The normalized spacial score (nSPS) is 13.2. The van der Waals surface area contributed by atoms with Gasteiger partial charge in [-0.1, -0.05) is 251 Å². The van der Waals surface area contributed by atoms with Gasteiger partial charge in [0, 0.05) is 45.9 Å². The highest BCUT2D eigenvalue weighted by Crippen LogP contribution is 2.58. The Morgan fingerprint density at radius 1 is 0.375 bits per heavy atom. The van der Waals surface area contributed by atoms with Crippen LogP contribution in [0.3, 0.4) is 0 Å². The van der Waals surface area contributed by atoms with Crippen molar-refractivity contribution in [2.24, 2.45) is 0 Å². The molecule has 0 radical (unpaired) electrons. The van der Waals surface area contributed by atoms with Gasteiger partial charge in [0.25, 0.3) is 0 Å². The molecule has 0 unspecified atom stereocenters. The number of rotatable bonds is 11. The molecule has 1 aliphatic carbocycles. The summed E-state index contributed by atoms with van der Waals surface area (Å²) in [5, 5.41) is 2.29. The lowest BCUT2D eigenvalue weighted by Crippen LogP contribution is -2.28. The number of fused-ring (bicyclic) bond motifs is 7. The highest BCUT2D eigenvalue weighted by atomic mass is 16.5. The van der Waals surface area contributed by atoms with E-state index in [-0.39, 0.29) is 5.41 Å². The van der Waals surface area contributed by atoms with Gasteiger partial charge in [-0.05, 0) is 138 Å². The maximum Gasteiger partial charge on any atom is 0.137 e. The van der Waals surface area contributed by atoms with Gasteiger partial charge in [0.2, 0.25) is 0 Å². The van der Waals surface area contributed by atoms with Gasteiger partial charge < -0.3 is 14.5 Å². The second-order valence-electron chi connectivity index (χ2n) is 24.2. The molecule has 2 aromatic heterocycles. The van der Waals surface area contributed by atoms with E-state index in [0.29, 0.717) is 6.67 Å². The Labute approximate surface area is 514 Å². The zero-order valence-corrected chi connectivity index (χ0v) is 49.3. The summed E-state index contributed by atoms with van der Waals surface area (Å²) in [7, 11) is 0. The second kappa shape index (κ2) is 21.2. The molecule has 14 aromatic rings. The highest BCUT2D eigenvalue weighted by Gasteiger charge is 2.46. The van der Waals surface area contributed by atoms with E-state index in [0.717, 1.165) is 73.0 Å². The third kappa shape index (κ3) is 8.64. The first kappa shape index (κ1) is 52.5. The third-order valence-electron chi connectivity index (χ3n) is 18.2. The van der Waals surface area contributed by atoms with Gasteiger partial charge in [0.15, 0.2) is 0 Å². The largest absolute Gasteiger partial charge is 0.457 e. The predicted molar refractivity (Wildman–Crippen MR) is 365 cm³/mol. The van der Waals surface area contributed by atoms with E-state index in [2.05, 4.69) is 338 Å². The molecule has 1 aliphatic heterocycles. The first-order chi connectivity index (χ1) is 43.3. The van der Waals surface area contributed by atoms with Crippen LogP contribution < -0.4 is 14.5 Å². The van der Waals surface area contributed by atoms with Crippen LogP contribution >= 0.6 is 0 Å². The van der Waals surface area contributed by atoms with Crippen LogP contribution in [0.4, 0.5) is 22.7 Å². The summed E-state index contributed by atoms with van der Waals surface area (Å²) >= 11 is 0. The number of ether oxygens (including phenoxy) is 1. The Hall–Kier alpha value is -11.0. The van der Waals surface area contributed by atoms with Gasteiger partial charge in [-0.2, -0.15) is 0 Å². The van der Waals surface area contributed by atoms with Crippen LogP contribution in [0.5, 0.6) is 11.5 Å². The zero-order chi connectivity index (χ0) is 58.9. The van der Waals surface area contributed by atoms with Crippen LogP contribution in [0.1, 0.15) is 48.6 Å². The molecular weight excluding hydrogens is 1070 g/mol. The molecule has 0 fully saturated rings. The molecule has 3 heterocycles. The summed E-state index contributed by atoms with van der Waals surface area (Å²) in [6.45, 7) is 7.36. The summed E-state index contributed by atoms with van der Waals surface area (Å²) in [4.78, 5) is 10.1. The van der Waals surface area contributed by atoms with Crippen molar-refractivity contribution in [2.75, 3.05) is 16.5 Å². The van der Waals surface area contributed by atoms with Crippen molar-refractivity contribution in [1.29, 1.82) is 0 Å². The fourth-order valence-corrected chi connectivity index (χ4v) is 14.2. The van der Waals surface area contributed by atoms with Crippen molar-refractivity contribution >= 4 is 44.6 Å². The van der Waals surface area contributed by atoms with E-state index < -0.39 is 5.41 Å². The van der Waals surface area contributed by atoms with Gasteiger partial charge in [-0.3, -0.25) is 4.57 Å². The average molecular weight is 1130 g/mol. The van der Waals surface area contributed by atoms with Gasteiger partial charge >= 0.3 is 0 Å². The minimum absolute atomic E-state index is 0.103. The Balaban J connectivity index is 0.828. The van der Waals surface area contributed by atoms with Crippen LogP contribution in [-0.2, 0) is 10.8 Å². The number of anilines is 4. The summed E-state index contributed by atoms with van der Waals surface area (Å²) < 4.78 is 9.48. The number of hydrogen-bond donors (Lipinski definition) is 0. The fourth-order valence-electron chi connectivity index (χ4n) is 14.2. The van der Waals surface area contributed by atoms with Crippen LogP contribution in [0.2, 0.25) is 0 Å². The zero-order valence-electron chi connectivity index (χ0n) is 49.3. The first-order valence-corrected chi connectivity index (χ1v) is 30.4. The Morgan fingerprint density at radius 2 is 0.886 bits per heavy atom. The molecular formula is C83H62N4O. The number of hydrogen-bond acceptors (Lipinski definition) is 4. The number of para-hydroxylation sites is 3. The van der Waals surface area contributed by atoms with E-state index in [1.54, 1.807) is 0 Å². The van der Waals surface area contributed by atoms with E-state index in [4.69, 9.17) is 9.72 Å². The summed E-state index contributed by atoms with van der Waals surface area (Å²) in [6.07, 6.45) is 1.96. The van der Waals surface area contributed by atoms with Gasteiger partial charge in [0.1, 0.15) is 24.0 Å². The highest BCUT2D eigenvalue weighted by molar-refractivity contribution is 6.12. The molecule has 5 nitrogen and oxygen atoms in total. The molecule has 0 amide bonds. The van der Waals surface area contributed by atoms with E-state index in [1.165, 1.54) is 72.3 Å². The second-order valence-corrected chi connectivity index (χ2v) is 24.2. The standard InChI is InChI=1S/C83H62N4O/c1-82(2,3)60-48-49-84-80(50-60)87-78-52-63(46-47-69(78)73-53-72-68-40-20-21-43-74(68)83(75(72)54-79(73)87,58-30-12-6-13-31-58)59-32-14-7-15-33-59)88-62-35-24-34-61(51-62)85-55-86(77-45-23-22-44-76(77)85)81-70(66-38-18-16-36-64(66)56-26-8-4-9-27-56)41-25-42-71(81)67-39-19-17-37-65(67)57-28-10-5-11-29-57/h4-54H,55H2,1-3H3. The number of nitrogens with zero attached hydrogens (tertiary/aromatic N) is 4. The molecule has 2 aliphatic rings. The lowest BCUT2D eigenvalue weighted by atomic mass is 9.67. The SMILES string of the molecule is CC(C)(C)c1ccnc(-n2c3cc(Oc4cccc(N5CN(c6c(-c7ccccc7-c7ccccc7)cccc6-c6ccccc6-c6ccccc6)c6ccccc65)c4)ccc3c3cc4c(cc32)C(c2ccccc2)(c2ccccc2)c2ccccc2-4)c1. The van der Waals surface area contributed by atoms with E-state index in [1.807, 2.05) is 6.20 Å². The quantitative estimate of drug-likeness (QED) is 0.129. The van der Waals surface area contributed by atoms with E-state index in [9.17, 15) is 0 Å². The van der Waals surface area contributed by atoms with Gasteiger partial charge in [0.05, 0.1) is 33.5 Å². The maximum absolute atomic E-state index is 7.12. The minimum Gasteiger partial charge on any atom is -0.457 e. The number of benzene rings is 12. The molecule has 0 spiro atoms. The Kier molecular flexibility index (Phi) is 12.7. The fraction of sp³-hybridized carbons (Fsp3) is 0.0723. The lowest BCUT2D eigenvalue weighted by molar-refractivity contribution is 0.483. The van der Waals surface area contributed by atoms with Crippen LogP contribution in [0, 0.1) is 0 Å². The topological polar surface area (TPSA) is 33.5 Å². The number of pyridine rings is 1. The Bertz CT molecular complexity index is 4830. The van der Waals surface area contributed by atoms with Crippen LogP contribution in [0.15, 0.2) is 310 Å². The van der Waals surface area contributed by atoms with Crippen molar-refractivity contribution in [3.05, 3.63) is 337 Å². The van der Waals surface area contributed by atoms with Crippen molar-refractivity contribution in [2.45, 2.75) is 31.6 Å². The van der Waals surface area contributed by atoms with Crippen molar-refractivity contribution in [3.63, 3.8) is 0 Å². The van der Waals surface area contributed by atoms with Gasteiger partial charge in [-0.25, -0.2) is 4.98 Å². The summed E-state index contributed by atoms with van der Waals surface area (Å²) in [6, 6.07) is 110. The molecule has 420 valence electrons. The molecule has 12 aromatic carbocycles. The first-order valence-electron chi connectivity index (χ1n) is 30.4. The van der Waals surface area contributed by atoms with E-state index >= 15 is 0 Å². The van der Waals surface area contributed by atoms with Gasteiger partial charge in [-0.15, -0.1) is 0 Å². The molecule has 5 heteroatoms. The van der Waals surface area contributed by atoms with Crippen molar-refractivity contribution in [1.82, 2.24) is 9.55 Å². The van der Waals surface area contributed by atoms with Crippen LogP contribution in [0.25, 0.3) is 83.3 Å². The monoisotopic (exact) mass is 1130 g/mol. The van der Waals surface area contributed by atoms with Crippen molar-refractivity contribution in [3.8, 4) is 73.0 Å². The molecule has 0 N–H and O–H groups in total. The Morgan fingerprint density at radius 3 is 1.51 bits per heavy atom.